The molecule has 9 heteroatoms. The van der Waals surface area contributed by atoms with Crippen molar-refractivity contribution in [3.05, 3.63) is 29.8 Å². The molecule has 1 aliphatic carbocycles. The summed E-state index contributed by atoms with van der Waals surface area (Å²) in [5, 5.41) is 14.8. The molecule has 3 rings (SSSR count). The predicted octanol–water partition coefficient (Wildman–Crippen LogP) is 2.04. The average molecular weight is 427 g/mol. The van der Waals surface area contributed by atoms with E-state index in [1.54, 1.807) is 16.4 Å². The van der Waals surface area contributed by atoms with Gasteiger partial charge in [0.05, 0.1) is 4.90 Å². The van der Waals surface area contributed by atoms with Crippen molar-refractivity contribution in [3.63, 3.8) is 0 Å². The Labute approximate surface area is 172 Å². The highest BCUT2D eigenvalue weighted by molar-refractivity contribution is 7.89. The van der Waals surface area contributed by atoms with Crippen molar-refractivity contribution < 1.29 is 28.2 Å². The van der Waals surface area contributed by atoms with Crippen LogP contribution in [0.15, 0.2) is 29.2 Å². The molecule has 162 valence electrons. The fraction of sp³-hybridized carbons (Fsp3) is 0.600. The number of aryl methyl sites for hydroxylation is 1. The van der Waals surface area contributed by atoms with Gasteiger partial charge in [0, 0.05) is 32.2 Å². The van der Waals surface area contributed by atoms with Gasteiger partial charge in [0.2, 0.25) is 10.0 Å². The summed E-state index contributed by atoms with van der Waals surface area (Å²) in [5.41, 5.74) is 1.08. The van der Waals surface area contributed by atoms with E-state index >= 15 is 0 Å². The summed E-state index contributed by atoms with van der Waals surface area (Å²) in [4.78, 5) is 21.1. The van der Waals surface area contributed by atoms with Gasteiger partial charge in [-0.05, 0) is 37.8 Å². The van der Waals surface area contributed by atoms with E-state index < -0.39 is 22.0 Å². The van der Waals surface area contributed by atoms with E-state index in [0.29, 0.717) is 24.0 Å². The van der Waals surface area contributed by atoms with Crippen LogP contribution in [-0.4, -0.2) is 72.0 Å². The molecule has 8 nitrogen and oxygen atoms in total. The molecule has 0 amide bonds. The fourth-order valence-corrected chi connectivity index (χ4v) is 5.32. The molecule has 1 heterocycles. The number of rotatable bonds is 3. The van der Waals surface area contributed by atoms with Gasteiger partial charge in [-0.15, -0.1) is 0 Å². The van der Waals surface area contributed by atoms with Crippen molar-refractivity contribution in [2.24, 2.45) is 5.92 Å². The highest BCUT2D eigenvalue weighted by Crippen LogP contribution is 2.28. The topological polar surface area (TPSA) is 115 Å². The molecule has 0 radical (unpaired) electrons. The van der Waals surface area contributed by atoms with Crippen LogP contribution in [0.3, 0.4) is 0 Å². The number of benzene rings is 1. The molecule has 2 fully saturated rings. The van der Waals surface area contributed by atoms with Crippen LogP contribution in [0.2, 0.25) is 0 Å². The Morgan fingerprint density at radius 3 is 2.00 bits per heavy atom. The summed E-state index contributed by atoms with van der Waals surface area (Å²) in [6.07, 6.45) is 5.20. The molecular weight excluding hydrogens is 396 g/mol. The number of piperazine rings is 1. The van der Waals surface area contributed by atoms with E-state index in [-0.39, 0.29) is 0 Å². The number of sulfonamides is 1. The average Bonchev–Trinajstić information content (AvgIpc) is 2.69. The Bertz CT molecular complexity index is 789. The van der Waals surface area contributed by atoms with E-state index in [2.05, 4.69) is 11.8 Å². The first-order valence-corrected chi connectivity index (χ1v) is 11.3. The lowest BCUT2D eigenvalue weighted by atomic mass is 9.86. The molecule has 0 bridgehead atoms. The second-order valence-electron chi connectivity index (χ2n) is 7.79. The second kappa shape index (κ2) is 10.2. The van der Waals surface area contributed by atoms with Gasteiger partial charge in [0.15, 0.2) is 0 Å². The predicted molar refractivity (Wildman–Crippen MR) is 108 cm³/mol. The summed E-state index contributed by atoms with van der Waals surface area (Å²) in [7, 11) is -3.34. The molecule has 2 N–H and O–H groups in total. The van der Waals surface area contributed by atoms with Crippen LogP contribution in [0.5, 0.6) is 0 Å². The third-order valence-electron chi connectivity index (χ3n) is 5.54. The van der Waals surface area contributed by atoms with Gasteiger partial charge in [-0.25, -0.2) is 18.0 Å². The van der Waals surface area contributed by atoms with E-state index in [1.807, 2.05) is 19.1 Å². The first kappa shape index (κ1) is 23.3. The standard InChI is InChI=1S/C18H28N2O2S.C2H2O4/c1-15-6-8-18(9-7-15)23(21,22)20-12-10-19(11-13-20)17-5-3-4-16(2)14-17;3-1(4)2(5)6/h6-9,16-17H,3-5,10-14H2,1-2H3;(H,3,4)(H,5,6). The van der Waals surface area contributed by atoms with Gasteiger partial charge in [-0.2, -0.15) is 4.31 Å². The van der Waals surface area contributed by atoms with E-state index in [9.17, 15) is 8.42 Å². The van der Waals surface area contributed by atoms with Gasteiger partial charge in [0.1, 0.15) is 0 Å². The van der Waals surface area contributed by atoms with Gasteiger partial charge in [0.25, 0.3) is 0 Å². The molecular formula is C20H30N2O6S. The number of carbonyl (C=O) groups is 2. The number of carboxylic acid groups (broad SMARTS) is 2. The maximum atomic E-state index is 12.7. The van der Waals surface area contributed by atoms with Crippen LogP contribution in [-0.2, 0) is 19.6 Å². The van der Waals surface area contributed by atoms with Crippen molar-refractivity contribution in [1.29, 1.82) is 0 Å². The smallest absolute Gasteiger partial charge is 0.414 e. The molecule has 1 aromatic rings. The molecule has 2 aliphatic rings. The maximum Gasteiger partial charge on any atom is 0.414 e. The molecule has 1 aromatic carbocycles. The number of nitrogens with zero attached hydrogens (tertiary/aromatic N) is 2. The van der Waals surface area contributed by atoms with Crippen LogP contribution >= 0.6 is 0 Å². The van der Waals surface area contributed by atoms with Crippen LogP contribution in [0.4, 0.5) is 0 Å². The highest BCUT2D eigenvalue weighted by atomic mass is 32.2. The fourth-order valence-electron chi connectivity index (χ4n) is 3.90. The van der Waals surface area contributed by atoms with Crippen molar-refractivity contribution in [2.75, 3.05) is 26.2 Å². The Balaban J connectivity index is 0.000000438. The summed E-state index contributed by atoms with van der Waals surface area (Å²) < 4.78 is 27.1. The lowest BCUT2D eigenvalue weighted by Gasteiger charge is -2.41. The molecule has 0 aromatic heterocycles. The molecule has 0 spiro atoms. The lowest BCUT2D eigenvalue weighted by Crippen LogP contribution is -2.52. The number of carboxylic acids is 2. The minimum absolute atomic E-state index is 0.419. The number of aliphatic carboxylic acids is 2. The Kier molecular flexibility index (Phi) is 8.18. The summed E-state index contributed by atoms with van der Waals surface area (Å²) >= 11 is 0. The third kappa shape index (κ3) is 6.52. The SMILES string of the molecule is Cc1ccc(S(=O)(=O)N2CCN(C3CCCC(C)C3)CC2)cc1.O=C(O)C(=O)O. The van der Waals surface area contributed by atoms with Crippen LogP contribution in [0, 0.1) is 12.8 Å². The summed E-state index contributed by atoms with van der Waals surface area (Å²) in [6, 6.07) is 7.83. The first-order valence-electron chi connectivity index (χ1n) is 9.88. The molecule has 29 heavy (non-hydrogen) atoms. The summed E-state index contributed by atoms with van der Waals surface area (Å²) in [5.74, 6) is -2.84. The minimum Gasteiger partial charge on any atom is -0.473 e. The second-order valence-corrected chi connectivity index (χ2v) is 9.73. The molecule has 1 aliphatic heterocycles. The molecule has 1 saturated carbocycles. The van der Waals surface area contributed by atoms with Crippen molar-refractivity contribution in [3.8, 4) is 0 Å². The third-order valence-corrected chi connectivity index (χ3v) is 7.45. The Morgan fingerprint density at radius 1 is 0.966 bits per heavy atom. The zero-order valence-electron chi connectivity index (χ0n) is 17.0. The monoisotopic (exact) mass is 426 g/mol. The number of hydrogen-bond acceptors (Lipinski definition) is 5. The zero-order valence-corrected chi connectivity index (χ0v) is 17.8. The van der Waals surface area contributed by atoms with E-state index in [1.165, 1.54) is 25.7 Å². The minimum atomic E-state index is -3.34. The molecule has 2 unspecified atom stereocenters. The molecule has 1 saturated heterocycles. The van der Waals surface area contributed by atoms with Crippen molar-refractivity contribution in [1.82, 2.24) is 9.21 Å². The Morgan fingerprint density at radius 2 is 1.52 bits per heavy atom. The van der Waals surface area contributed by atoms with Gasteiger partial charge in [-0.1, -0.05) is 37.5 Å². The zero-order chi connectivity index (χ0) is 21.6. The maximum absolute atomic E-state index is 12.7. The number of hydrogen-bond donors (Lipinski definition) is 2. The van der Waals surface area contributed by atoms with E-state index in [4.69, 9.17) is 19.8 Å². The van der Waals surface area contributed by atoms with Gasteiger partial charge >= 0.3 is 11.9 Å². The van der Waals surface area contributed by atoms with Crippen LogP contribution in [0.1, 0.15) is 38.2 Å². The quantitative estimate of drug-likeness (QED) is 0.711. The highest BCUT2D eigenvalue weighted by Gasteiger charge is 2.32. The lowest BCUT2D eigenvalue weighted by molar-refractivity contribution is -0.159. The Hall–Kier alpha value is -1.97. The van der Waals surface area contributed by atoms with Gasteiger partial charge in [-0.3, -0.25) is 4.90 Å². The van der Waals surface area contributed by atoms with Crippen LogP contribution in [0.25, 0.3) is 0 Å². The van der Waals surface area contributed by atoms with Crippen molar-refractivity contribution >= 4 is 22.0 Å². The molecule has 2 atom stereocenters. The first-order chi connectivity index (χ1) is 13.6. The normalized spacial score (nSPS) is 23.7. The van der Waals surface area contributed by atoms with Crippen LogP contribution < -0.4 is 0 Å². The van der Waals surface area contributed by atoms with Gasteiger partial charge < -0.3 is 10.2 Å². The van der Waals surface area contributed by atoms with E-state index in [0.717, 1.165) is 24.6 Å². The largest absolute Gasteiger partial charge is 0.473 e. The summed E-state index contributed by atoms with van der Waals surface area (Å²) in [6.45, 7) is 7.26. The van der Waals surface area contributed by atoms with Crippen molar-refractivity contribution in [2.45, 2.75) is 50.5 Å².